The molecule has 73 heavy (non-hydrogen) atoms. The van der Waals surface area contributed by atoms with Gasteiger partial charge in [-0.25, -0.2) is 0 Å². The van der Waals surface area contributed by atoms with Crippen molar-refractivity contribution in [3.05, 3.63) is 263 Å². The average molecular weight is 1130 g/mol. The summed E-state index contributed by atoms with van der Waals surface area (Å²) >= 11 is 0. The van der Waals surface area contributed by atoms with Crippen LogP contribution in [0.2, 0.25) is 0 Å². The van der Waals surface area contributed by atoms with Gasteiger partial charge in [-0.15, -0.1) is 24.3 Å². The summed E-state index contributed by atoms with van der Waals surface area (Å²) in [6.45, 7) is 28.3. The van der Waals surface area contributed by atoms with E-state index in [1.807, 2.05) is 60.7 Å². The predicted molar refractivity (Wildman–Crippen MR) is 303 cm³/mol. The summed E-state index contributed by atoms with van der Waals surface area (Å²) in [5.41, 5.74) is 17.1. The number of hydrogen-bond donors (Lipinski definition) is 2. The second-order valence-corrected chi connectivity index (χ2v) is 22.4. The molecule has 0 aromatic heterocycles. The van der Waals surface area contributed by atoms with E-state index in [1.54, 1.807) is 0 Å². The van der Waals surface area contributed by atoms with E-state index in [0.29, 0.717) is 24.6 Å². The van der Waals surface area contributed by atoms with Crippen LogP contribution in [0.4, 0.5) is 0 Å². The van der Waals surface area contributed by atoms with Crippen LogP contribution in [0.3, 0.4) is 0 Å². The van der Waals surface area contributed by atoms with E-state index in [0.717, 1.165) is 46.5 Å². The van der Waals surface area contributed by atoms with Crippen molar-refractivity contribution in [2.45, 2.75) is 90.1 Å². The monoisotopic (exact) mass is 1130 g/mol. The zero-order chi connectivity index (χ0) is 51.6. The van der Waals surface area contributed by atoms with Crippen LogP contribution in [-0.4, -0.2) is 47.2 Å². The van der Waals surface area contributed by atoms with Gasteiger partial charge in [0.1, 0.15) is 11.5 Å². The molecule has 10 rings (SSSR count). The number of fused-ring (bicyclic) bond motifs is 6. The van der Waals surface area contributed by atoms with Gasteiger partial charge in [-0.1, -0.05) is 175 Å². The van der Waals surface area contributed by atoms with E-state index in [9.17, 15) is 10.2 Å². The number of likely N-dealkylation sites (N-methyl/N-ethyl adjacent to an activating group) is 2. The summed E-state index contributed by atoms with van der Waals surface area (Å²) in [6.07, 6.45) is 0. The Bertz CT molecular complexity index is 2860. The topological polar surface area (TPSA) is 46.9 Å². The fourth-order valence-corrected chi connectivity index (χ4v) is 10.8. The minimum absolute atomic E-state index is 0. The Kier molecular flexibility index (Phi) is 16.6. The summed E-state index contributed by atoms with van der Waals surface area (Å²) in [4.78, 5) is 4.62. The first-order valence-electron chi connectivity index (χ1n) is 25.5. The van der Waals surface area contributed by atoms with Crippen LogP contribution in [0.25, 0.3) is 22.3 Å². The van der Waals surface area contributed by atoms with Crippen LogP contribution >= 0.6 is 0 Å². The molecule has 5 heteroatoms. The number of nitrogens with zero attached hydrogens (tertiary/aromatic N) is 2. The largest absolute Gasteiger partial charge is 0.507 e. The first kappa shape index (κ1) is 54.7. The van der Waals surface area contributed by atoms with Crippen LogP contribution in [0.1, 0.15) is 122 Å². The number of phenols is 2. The van der Waals surface area contributed by atoms with Gasteiger partial charge in [-0.05, 0) is 94.4 Å². The standard InChI is InChI=1S/C54H60N2O2.2C7H7.Hf/c1-51(2,3)37-29-35(49(57)47(31-37)53(7)43-23-15-11-19-39(43)40-20-12-16-24-44(40)53)33-55(9)27-28-56(10)34-36-30-38(52(4,5)6)32-48(50(36)58)54(8)45-25-17-13-21-41(45)42-22-14-18-26-46(42)54;2*1-7-5-3-2-4-6-7;/h11-26,29-32,57-58H,27-28,33-34H2,1-10H3;2*2-6H,1H2;/q;2*-1;. The van der Waals surface area contributed by atoms with Gasteiger partial charge in [-0.3, -0.25) is 0 Å². The molecule has 0 radical (unpaired) electrons. The van der Waals surface area contributed by atoms with Gasteiger partial charge in [0, 0.05) is 85.1 Å². The van der Waals surface area contributed by atoms with Crippen LogP contribution in [0.5, 0.6) is 11.5 Å². The second kappa shape index (κ2) is 22.2. The Morgan fingerprint density at radius 2 is 0.658 bits per heavy atom. The molecule has 2 aliphatic rings. The van der Waals surface area contributed by atoms with E-state index < -0.39 is 10.8 Å². The van der Waals surface area contributed by atoms with E-state index in [2.05, 4.69) is 214 Å². The molecule has 0 saturated carbocycles. The fraction of sp³-hybridized carbons (Fsp3) is 0.265. The summed E-state index contributed by atoms with van der Waals surface area (Å²) < 4.78 is 0. The smallest absolute Gasteiger partial charge is 0.124 e. The maximum atomic E-state index is 12.3. The molecule has 2 aliphatic carbocycles. The molecule has 0 saturated heterocycles. The third-order valence-corrected chi connectivity index (χ3v) is 15.1. The Morgan fingerprint density at radius 3 is 0.904 bits per heavy atom. The van der Waals surface area contributed by atoms with Crippen molar-refractivity contribution in [1.29, 1.82) is 0 Å². The molecule has 0 atom stereocenters. The van der Waals surface area contributed by atoms with Crippen LogP contribution in [-0.2, 0) is 60.6 Å². The van der Waals surface area contributed by atoms with Crippen molar-refractivity contribution in [2.75, 3.05) is 27.2 Å². The molecular formula is C68H74HfN2O2-2. The SMILES string of the molecule is CN(CCN(C)Cc1cc(C(C)(C)C)cc(C2(C)c3ccccc3-c3ccccc32)c1O)Cc1cc(C(C)(C)C)cc(C2(C)c3ccccc3-c3ccccc32)c1O.[CH2-]c1ccccc1.[CH2-]c1ccccc1.[Hf]. The van der Waals surface area contributed by atoms with Crippen molar-refractivity contribution in [1.82, 2.24) is 9.80 Å². The molecular weight excluding hydrogens is 1060 g/mol. The van der Waals surface area contributed by atoms with Crippen molar-refractivity contribution in [3.8, 4) is 33.8 Å². The van der Waals surface area contributed by atoms with Gasteiger partial charge in [0.2, 0.25) is 0 Å². The normalized spacial score (nSPS) is 13.6. The molecule has 0 aliphatic heterocycles. The molecule has 0 bridgehead atoms. The zero-order valence-corrected chi connectivity index (χ0v) is 48.4. The molecule has 0 heterocycles. The van der Waals surface area contributed by atoms with Gasteiger partial charge in [0.05, 0.1) is 0 Å². The van der Waals surface area contributed by atoms with Crippen LogP contribution in [0, 0.1) is 13.8 Å². The molecule has 0 spiro atoms. The Labute approximate surface area is 456 Å². The molecule has 4 nitrogen and oxygen atoms in total. The molecule has 374 valence electrons. The number of benzene rings is 8. The Morgan fingerprint density at radius 1 is 0.397 bits per heavy atom. The van der Waals surface area contributed by atoms with E-state index in [4.69, 9.17) is 0 Å². The summed E-state index contributed by atoms with van der Waals surface area (Å²) in [6, 6.07) is 63.3. The van der Waals surface area contributed by atoms with Crippen molar-refractivity contribution < 1.29 is 36.1 Å². The fourth-order valence-electron chi connectivity index (χ4n) is 10.8. The van der Waals surface area contributed by atoms with E-state index >= 15 is 0 Å². The van der Waals surface area contributed by atoms with Crippen molar-refractivity contribution in [3.63, 3.8) is 0 Å². The van der Waals surface area contributed by atoms with Gasteiger partial charge in [0.15, 0.2) is 0 Å². The number of rotatable bonds is 9. The Balaban J connectivity index is 0.000000449. The maximum absolute atomic E-state index is 12.3. The zero-order valence-electron chi connectivity index (χ0n) is 44.9. The van der Waals surface area contributed by atoms with Crippen molar-refractivity contribution in [2.24, 2.45) is 0 Å². The first-order valence-corrected chi connectivity index (χ1v) is 25.5. The van der Waals surface area contributed by atoms with Gasteiger partial charge in [-0.2, -0.15) is 49.2 Å². The average Bonchev–Trinajstić information content (AvgIpc) is 3.78. The van der Waals surface area contributed by atoms with E-state index in [1.165, 1.54) is 55.6 Å². The van der Waals surface area contributed by atoms with Gasteiger partial charge < -0.3 is 20.0 Å². The number of aromatic hydroxyl groups is 2. The molecule has 0 amide bonds. The third kappa shape index (κ3) is 11.2. The minimum atomic E-state index is -0.492. The van der Waals surface area contributed by atoms with Crippen LogP contribution < -0.4 is 0 Å². The maximum Gasteiger partial charge on any atom is 0.124 e. The van der Waals surface area contributed by atoms with Crippen LogP contribution in [0.15, 0.2) is 182 Å². The molecule has 0 unspecified atom stereocenters. The minimum Gasteiger partial charge on any atom is -0.507 e. The summed E-state index contributed by atoms with van der Waals surface area (Å²) in [5, 5.41) is 24.6. The second-order valence-electron chi connectivity index (χ2n) is 22.4. The summed E-state index contributed by atoms with van der Waals surface area (Å²) in [7, 11) is 4.29. The first-order chi connectivity index (χ1) is 34.2. The molecule has 8 aromatic carbocycles. The quantitative estimate of drug-likeness (QED) is 0.112. The third-order valence-electron chi connectivity index (χ3n) is 15.1. The predicted octanol–water partition coefficient (Wildman–Crippen LogP) is 15.7. The number of hydrogen-bond acceptors (Lipinski definition) is 4. The number of phenolic OH excluding ortho intramolecular Hbond substituents is 2. The molecule has 8 aromatic rings. The van der Waals surface area contributed by atoms with Gasteiger partial charge >= 0.3 is 0 Å². The van der Waals surface area contributed by atoms with Crippen molar-refractivity contribution >= 4 is 0 Å². The van der Waals surface area contributed by atoms with E-state index in [-0.39, 0.29) is 36.7 Å². The molecule has 2 N–H and O–H groups in total. The summed E-state index contributed by atoms with van der Waals surface area (Å²) in [5.74, 6) is 0.754. The van der Waals surface area contributed by atoms with Gasteiger partial charge in [0.25, 0.3) is 0 Å². The Hall–Kier alpha value is -6.11. The molecule has 0 fully saturated rings.